The average molecular weight is 366 g/mol. The van der Waals surface area contributed by atoms with Crippen molar-refractivity contribution in [1.82, 2.24) is 5.32 Å². The number of methoxy groups -OCH3 is 1. The van der Waals surface area contributed by atoms with Gasteiger partial charge in [0.15, 0.2) is 0 Å². The lowest BCUT2D eigenvalue weighted by molar-refractivity contribution is -0.140. The van der Waals surface area contributed by atoms with Crippen LogP contribution in [0.5, 0.6) is 0 Å². The van der Waals surface area contributed by atoms with Gasteiger partial charge in [-0.25, -0.2) is 4.39 Å². The topological polar surface area (TPSA) is 95.9 Å². The number of carbonyl (C=O) groups is 3. The number of rotatable bonds is 7. The second-order valence-electron chi connectivity index (χ2n) is 6.89. The molecule has 8 heteroatoms. The van der Waals surface area contributed by atoms with Crippen LogP contribution in [0.4, 0.5) is 10.1 Å². The zero-order valence-corrected chi connectivity index (χ0v) is 15.0. The van der Waals surface area contributed by atoms with Crippen molar-refractivity contribution in [2.45, 2.75) is 32.2 Å². The van der Waals surface area contributed by atoms with Crippen molar-refractivity contribution in [2.24, 2.45) is 5.92 Å². The minimum absolute atomic E-state index is 0.0123. The number of hydrogen-bond donors (Lipinski definition) is 2. The van der Waals surface area contributed by atoms with Gasteiger partial charge in [-0.1, -0.05) is 0 Å². The number of halogens is 1. The molecule has 1 heterocycles. The average Bonchev–Trinajstić information content (AvgIpc) is 2.91. The highest BCUT2D eigenvalue weighted by Gasteiger charge is 2.38. The number of aliphatic carboxylic acids is 1. The van der Waals surface area contributed by atoms with E-state index in [4.69, 9.17) is 9.84 Å². The van der Waals surface area contributed by atoms with Gasteiger partial charge in [-0.3, -0.25) is 14.4 Å². The van der Waals surface area contributed by atoms with E-state index in [-0.39, 0.29) is 37.7 Å². The van der Waals surface area contributed by atoms with Crippen LogP contribution >= 0.6 is 0 Å². The molecular formula is C18H23FN2O5. The van der Waals surface area contributed by atoms with Crippen LogP contribution in [0, 0.1) is 18.7 Å². The number of anilines is 1. The molecule has 1 saturated heterocycles. The molecule has 7 nitrogen and oxygen atoms in total. The van der Waals surface area contributed by atoms with E-state index in [0.717, 1.165) is 0 Å². The highest BCUT2D eigenvalue weighted by molar-refractivity contribution is 6.00. The molecule has 0 bridgehead atoms. The first-order chi connectivity index (χ1) is 12.1. The quantitative estimate of drug-likeness (QED) is 0.762. The predicted octanol–water partition coefficient (Wildman–Crippen LogP) is 1.48. The number of nitrogens with one attached hydrogen (secondary N) is 1. The van der Waals surface area contributed by atoms with E-state index in [9.17, 15) is 18.8 Å². The van der Waals surface area contributed by atoms with Crippen molar-refractivity contribution in [3.63, 3.8) is 0 Å². The molecule has 2 amide bonds. The molecule has 0 aromatic heterocycles. The maximum atomic E-state index is 13.4. The van der Waals surface area contributed by atoms with E-state index in [2.05, 4.69) is 5.32 Å². The van der Waals surface area contributed by atoms with Gasteiger partial charge in [-0.2, -0.15) is 0 Å². The van der Waals surface area contributed by atoms with Crippen LogP contribution in [0.25, 0.3) is 0 Å². The van der Waals surface area contributed by atoms with Gasteiger partial charge < -0.3 is 20.1 Å². The molecule has 142 valence electrons. The van der Waals surface area contributed by atoms with Crippen molar-refractivity contribution in [3.8, 4) is 0 Å². The summed E-state index contributed by atoms with van der Waals surface area (Å²) < 4.78 is 18.4. The molecule has 2 rings (SSSR count). The fourth-order valence-electron chi connectivity index (χ4n) is 3.11. The summed E-state index contributed by atoms with van der Waals surface area (Å²) >= 11 is 0. The first kappa shape index (κ1) is 19.8. The van der Waals surface area contributed by atoms with Crippen molar-refractivity contribution < 1.29 is 28.6 Å². The van der Waals surface area contributed by atoms with Gasteiger partial charge >= 0.3 is 5.97 Å². The second kappa shape index (κ2) is 7.82. The number of carboxylic acids is 1. The molecule has 0 saturated carbocycles. The number of ether oxygens (including phenoxy) is 1. The standard InChI is InChI=1S/C18H23FN2O5/c1-11-6-13(4-5-14(11)19)21-9-12(7-15(21)22)17(25)20-18(2,10-26-3)8-16(23)24/h4-6,12H,7-10H2,1-3H3,(H,20,25)(H,23,24). The summed E-state index contributed by atoms with van der Waals surface area (Å²) in [6, 6.07) is 4.35. The van der Waals surface area contributed by atoms with Crippen molar-refractivity contribution in [2.75, 3.05) is 25.2 Å². The SMILES string of the molecule is COCC(C)(CC(=O)O)NC(=O)C1CC(=O)N(c2ccc(F)c(C)c2)C1. The van der Waals surface area contributed by atoms with Gasteiger partial charge in [0.25, 0.3) is 0 Å². The van der Waals surface area contributed by atoms with E-state index in [1.54, 1.807) is 19.9 Å². The molecule has 2 N–H and O–H groups in total. The maximum absolute atomic E-state index is 13.4. The number of nitrogens with zero attached hydrogens (tertiary/aromatic N) is 1. The number of benzene rings is 1. The number of carboxylic acid groups (broad SMARTS) is 1. The summed E-state index contributed by atoms with van der Waals surface area (Å²) in [6.07, 6.45) is -0.285. The molecule has 26 heavy (non-hydrogen) atoms. The molecule has 1 aromatic carbocycles. The van der Waals surface area contributed by atoms with E-state index < -0.39 is 23.3 Å². The minimum atomic E-state index is -1.07. The maximum Gasteiger partial charge on any atom is 0.305 e. The molecule has 2 unspecified atom stereocenters. The first-order valence-electron chi connectivity index (χ1n) is 8.24. The number of aryl methyl sites for hydroxylation is 1. The lowest BCUT2D eigenvalue weighted by Gasteiger charge is -2.29. The van der Waals surface area contributed by atoms with Crippen LogP contribution in [0.1, 0.15) is 25.3 Å². The lowest BCUT2D eigenvalue weighted by atomic mass is 9.97. The van der Waals surface area contributed by atoms with Crippen LogP contribution in [-0.2, 0) is 19.1 Å². The van der Waals surface area contributed by atoms with E-state index in [0.29, 0.717) is 11.3 Å². The van der Waals surface area contributed by atoms with Gasteiger partial charge in [0.05, 0.1) is 24.5 Å². The van der Waals surface area contributed by atoms with Gasteiger partial charge in [-0.15, -0.1) is 0 Å². The lowest BCUT2D eigenvalue weighted by Crippen LogP contribution is -2.52. The highest BCUT2D eigenvalue weighted by atomic mass is 19.1. The summed E-state index contributed by atoms with van der Waals surface area (Å²) in [4.78, 5) is 37.3. The Morgan fingerprint density at radius 3 is 2.73 bits per heavy atom. The molecule has 1 aliphatic rings. The molecule has 1 fully saturated rings. The van der Waals surface area contributed by atoms with Crippen molar-refractivity contribution >= 4 is 23.5 Å². The largest absolute Gasteiger partial charge is 0.481 e. The molecule has 1 aliphatic heterocycles. The van der Waals surface area contributed by atoms with Gasteiger partial charge in [0.2, 0.25) is 11.8 Å². The highest BCUT2D eigenvalue weighted by Crippen LogP contribution is 2.27. The normalized spacial score (nSPS) is 19.3. The Bertz CT molecular complexity index is 724. The third-order valence-electron chi connectivity index (χ3n) is 4.38. The summed E-state index contributed by atoms with van der Waals surface area (Å²) in [6.45, 7) is 3.38. The smallest absolute Gasteiger partial charge is 0.305 e. The zero-order chi connectivity index (χ0) is 19.5. The zero-order valence-electron chi connectivity index (χ0n) is 15.0. The molecular weight excluding hydrogens is 343 g/mol. The summed E-state index contributed by atoms with van der Waals surface area (Å²) in [5.41, 5.74) is -0.118. The van der Waals surface area contributed by atoms with Crippen LogP contribution in [0.3, 0.4) is 0 Å². The number of amides is 2. The van der Waals surface area contributed by atoms with E-state index in [1.165, 1.54) is 24.1 Å². The summed E-state index contributed by atoms with van der Waals surface area (Å²) in [7, 11) is 1.42. The molecule has 0 radical (unpaired) electrons. The summed E-state index contributed by atoms with van der Waals surface area (Å²) in [5.74, 6) is -2.67. The van der Waals surface area contributed by atoms with E-state index in [1.807, 2.05) is 0 Å². The minimum Gasteiger partial charge on any atom is -0.481 e. The van der Waals surface area contributed by atoms with Crippen LogP contribution in [0.15, 0.2) is 18.2 Å². The van der Waals surface area contributed by atoms with Crippen LogP contribution in [0.2, 0.25) is 0 Å². The number of carbonyl (C=O) groups excluding carboxylic acids is 2. The van der Waals surface area contributed by atoms with Gasteiger partial charge in [0, 0.05) is 25.8 Å². The third kappa shape index (κ3) is 4.57. The predicted molar refractivity (Wildman–Crippen MR) is 92.3 cm³/mol. The molecule has 2 atom stereocenters. The van der Waals surface area contributed by atoms with Gasteiger partial charge in [-0.05, 0) is 37.6 Å². The van der Waals surface area contributed by atoms with E-state index >= 15 is 0 Å². The Morgan fingerprint density at radius 2 is 2.15 bits per heavy atom. The van der Waals surface area contributed by atoms with Crippen LogP contribution in [-0.4, -0.2) is 48.7 Å². The second-order valence-corrected chi connectivity index (χ2v) is 6.89. The fraction of sp³-hybridized carbons (Fsp3) is 0.500. The Morgan fingerprint density at radius 1 is 1.46 bits per heavy atom. The third-order valence-corrected chi connectivity index (χ3v) is 4.38. The Hall–Kier alpha value is -2.48. The van der Waals surface area contributed by atoms with Crippen molar-refractivity contribution in [3.05, 3.63) is 29.6 Å². The number of hydrogen-bond acceptors (Lipinski definition) is 4. The Balaban J connectivity index is 2.10. The molecule has 0 spiro atoms. The molecule has 0 aliphatic carbocycles. The Labute approximate surface area is 151 Å². The van der Waals surface area contributed by atoms with Gasteiger partial charge in [0.1, 0.15) is 5.82 Å². The van der Waals surface area contributed by atoms with Crippen LogP contribution < -0.4 is 10.2 Å². The Kier molecular flexibility index (Phi) is 5.97. The first-order valence-corrected chi connectivity index (χ1v) is 8.24. The fourth-order valence-corrected chi connectivity index (χ4v) is 3.11. The van der Waals surface area contributed by atoms with Crippen molar-refractivity contribution in [1.29, 1.82) is 0 Å². The summed E-state index contributed by atoms with van der Waals surface area (Å²) in [5, 5.41) is 11.7. The monoisotopic (exact) mass is 366 g/mol. The molecule has 1 aromatic rings.